The van der Waals surface area contributed by atoms with Gasteiger partial charge in [-0.1, -0.05) is 76.2 Å². The Morgan fingerprint density at radius 2 is 1.74 bits per heavy atom. The van der Waals surface area contributed by atoms with E-state index in [0.29, 0.717) is 30.0 Å². The van der Waals surface area contributed by atoms with E-state index in [1.54, 1.807) is 18.2 Å². The van der Waals surface area contributed by atoms with Gasteiger partial charge in [0, 0.05) is 29.2 Å². The molecule has 2 aliphatic rings. The Hall–Kier alpha value is -3.72. The SMILES string of the molecule is C[C@H]1CC(/C=C/c2ccccc2)Nc2cccc(n2)S(=O)(=O)NC(=O)c2ccc(C(C)(C)C)nc2N2C[C@@H]1CC2(C)C. The van der Waals surface area contributed by atoms with Crippen LogP contribution < -0.4 is 14.9 Å². The molecule has 0 saturated carbocycles. The summed E-state index contributed by atoms with van der Waals surface area (Å²) >= 11 is 0. The largest absolute Gasteiger partial charge is 0.364 e. The first-order chi connectivity index (χ1) is 19.7. The number of nitrogens with one attached hydrogen (secondary N) is 2. The maximum atomic E-state index is 13.6. The molecular formula is C33H41N5O3S. The molecule has 5 rings (SSSR count). The molecule has 4 bridgehead atoms. The zero-order valence-electron chi connectivity index (χ0n) is 25.3. The average molecular weight is 588 g/mol. The number of hydrogen-bond donors (Lipinski definition) is 2. The summed E-state index contributed by atoms with van der Waals surface area (Å²) in [5.41, 5.74) is 1.62. The van der Waals surface area contributed by atoms with Crippen molar-refractivity contribution in [3.8, 4) is 0 Å². The number of benzene rings is 1. The zero-order chi connectivity index (χ0) is 30.3. The van der Waals surface area contributed by atoms with Gasteiger partial charge in [-0.25, -0.2) is 14.7 Å². The van der Waals surface area contributed by atoms with Crippen LogP contribution in [0.3, 0.4) is 0 Å². The van der Waals surface area contributed by atoms with Crippen molar-refractivity contribution in [1.29, 1.82) is 0 Å². The molecule has 1 saturated heterocycles. The molecule has 0 spiro atoms. The first-order valence-electron chi connectivity index (χ1n) is 14.6. The van der Waals surface area contributed by atoms with Gasteiger partial charge in [-0.3, -0.25) is 4.79 Å². The molecule has 222 valence electrons. The van der Waals surface area contributed by atoms with Gasteiger partial charge in [-0.15, -0.1) is 0 Å². The fourth-order valence-electron chi connectivity index (χ4n) is 5.94. The zero-order valence-corrected chi connectivity index (χ0v) is 26.1. The number of hydrogen-bond acceptors (Lipinski definition) is 7. The predicted molar refractivity (Wildman–Crippen MR) is 168 cm³/mol. The van der Waals surface area contributed by atoms with Gasteiger partial charge in [-0.2, -0.15) is 8.42 Å². The Labute approximate surface area is 249 Å². The second-order valence-electron chi connectivity index (χ2n) is 13.2. The van der Waals surface area contributed by atoms with Gasteiger partial charge in [0.2, 0.25) is 0 Å². The lowest BCUT2D eigenvalue weighted by molar-refractivity contribution is 0.0981. The third kappa shape index (κ3) is 6.36. The topological polar surface area (TPSA) is 104 Å². The Bertz CT molecular complexity index is 1600. The Morgan fingerprint density at radius 1 is 1.00 bits per heavy atom. The number of rotatable bonds is 2. The van der Waals surface area contributed by atoms with Crippen LogP contribution in [0.2, 0.25) is 0 Å². The molecule has 0 aliphatic carbocycles. The van der Waals surface area contributed by atoms with Gasteiger partial charge in [0.1, 0.15) is 11.6 Å². The summed E-state index contributed by atoms with van der Waals surface area (Å²) in [6, 6.07) is 18.3. The van der Waals surface area contributed by atoms with Crippen LogP contribution in [-0.2, 0) is 15.4 Å². The fraction of sp³-hybridized carbons (Fsp3) is 0.424. The minimum Gasteiger partial charge on any atom is -0.364 e. The average Bonchev–Trinajstić information content (AvgIpc) is 3.26. The normalized spacial score (nSPS) is 23.8. The molecule has 1 aromatic carbocycles. The third-order valence-corrected chi connectivity index (χ3v) is 9.60. The highest BCUT2D eigenvalue weighted by Crippen LogP contribution is 2.42. The highest BCUT2D eigenvalue weighted by atomic mass is 32.2. The molecule has 3 aromatic rings. The summed E-state index contributed by atoms with van der Waals surface area (Å²) < 4.78 is 29.1. The van der Waals surface area contributed by atoms with Gasteiger partial charge >= 0.3 is 0 Å². The lowest BCUT2D eigenvalue weighted by atomic mass is 9.84. The molecule has 2 aliphatic heterocycles. The Morgan fingerprint density at radius 3 is 2.45 bits per heavy atom. The summed E-state index contributed by atoms with van der Waals surface area (Å²) in [7, 11) is -4.25. The molecule has 42 heavy (non-hydrogen) atoms. The summed E-state index contributed by atoms with van der Waals surface area (Å²) in [5.74, 6) is 0.875. The monoisotopic (exact) mass is 587 g/mol. The number of anilines is 2. The van der Waals surface area contributed by atoms with Crippen molar-refractivity contribution in [3.05, 3.63) is 83.6 Å². The van der Waals surface area contributed by atoms with Crippen LogP contribution in [0.15, 0.2) is 71.8 Å². The molecule has 8 nitrogen and oxygen atoms in total. The quantitative estimate of drug-likeness (QED) is 0.377. The molecule has 0 radical (unpaired) electrons. The number of carbonyl (C=O) groups is 1. The van der Waals surface area contributed by atoms with Crippen LogP contribution in [0.1, 0.15) is 76.0 Å². The number of sulfonamides is 1. The first kappa shape index (κ1) is 29.8. The van der Waals surface area contributed by atoms with Crippen LogP contribution in [0.4, 0.5) is 11.6 Å². The number of carbonyl (C=O) groups excluding carboxylic acids is 1. The van der Waals surface area contributed by atoms with Crippen molar-refractivity contribution < 1.29 is 13.2 Å². The van der Waals surface area contributed by atoms with Gasteiger partial charge in [-0.05, 0) is 68.4 Å². The van der Waals surface area contributed by atoms with E-state index in [1.807, 2.05) is 36.4 Å². The third-order valence-electron chi connectivity index (χ3n) is 8.36. The minimum absolute atomic E-state index is 0.0968. The van der Waals surface area contributed by atoms with E-state index in [4.69, 9.17) is 4.98 Å². The lowest BCUT2D eigenvalue weighted by Crippen LogP contribution is -2.41. The van der Waals surface area contributed by atoms with Crippen molar-refractivity contribution in [1.82, 2.24) is 14.7 Å². The summed E-state index contributed by atoms with van der Waals surface area (Å²) in [6.07, 6.45) is 5.94. The second kappa shape index (κ2) is 11.2. The number of pyridine rings is 2. The van der Waals surface area contributed by atoms with Crippen molar-refractivity contribution in [2.75, 3.05) is 16.8 Å². The number of nitrogens with zero attached hydrogens (tertiary/aromatic N) is 3. The molecule has 3 atom stereocenters. The molecule has 9 heteroatoms. The lowest BCUT2D eigenvalue weighted by Gasteiger charge is -2.34. The van der Waals surface area contributed by atoms with Crippen LogP contribution >= 0.6 is 0 Å². The van der Waals surface area contributed by atoms with Crippen LogP contribution in [0.25, 0.3) is 6.08 Å². The van der Waals surface area contributed by atoms with E-state index in [-0.39, 0.29) is 27.6 Å². The van der Waals surface area contributed by atoms with Crippen molar-refractivity contribution >= 4 is 33.6 Å². The Kier molecular flexibility index (Phi) is 7.91. The summed E-state index contributed by atoms with van der Waals surface area (Å²) in [6.45, 7) is 13.6. The van der Waals surface area contributed by atoms with E-state index in [1.165, 1.54) is 6.07 Å². The molecular weight excluding hydrogens is 546 g/mol. The second-order valence-corrected chi connectivity index (χ2v) is 14.9. The Balaban J connectivity index is 1.61. The highest BCUT2D eigenvalue weighted by molar-refractivity contribution is 7.90. The van der Waals surface area contributed by atoms with Crippen LogP contribution in [0, 0.1) is 11.8 Å². The molecule has 1 amide bonds. The van der Waals surface area contributed by atoms with Gasteiger partial charge in [0.05, 0.1) is 5.56 Å². The van der Waals surface area contributed by atoms with E-state index < -0.39 is 15.9 Å². The molecule has 2 N–H and O–H groups in total. The van der Waals surface area contributed by atoms with Crippen molar-refractivity contribution in [2.45, 2.75) is 76.4 Å². The van der Waals surface area contributed by atoms with E-state index >= 15 is 0 Å². The molecule has 2 aromatic heterocycles. The van der Waals surface area contributed by atoms with E-state index in [9.17, 15) is 13.2 Å². The van der Waals surface area contributed by atoms with E-state index in [2.05, 4.69) is 73.6 Å². The van der Waals surface area contributed by atoms with Crippen molar-refractivity contribution in [3.63, 3.8) is 0 Å². The maximum absolute atomic E-state index is 13.6. The van der Waals surface area contributed by atoms with E-state index in [0.717, 1.165) is 24.1 Å². The summed E-state index contributed by atoms with van der Waals surface area (Å²) in [5, 5.41) is 3.23. The van der Waals surface area contributed by atoms with Gasteiger partial charge in [0.15, 0.2) is 5.03 Å². The molecule has 1 unspecified atom stereocenters. The number of amides is 1. The smallest absolute Gasteiger partial charge is 0.281 e. The fourth-order valence-corrected chi connectivity index (χ4v) is 6.87. The van der Waals surface area contributed by atoms with Gasteiger partial charge in [0.25, 0.3) is 15.9 Å². The summed E-state index contributed by atoms with van der Waals surface area (Å²) in [4.78, 5) is 25.2. The van der Waals surface area contributed by atoms with Crippen LogP contribution in [0.5, 0.6) is 0 Å². The van der Waals surface area contributed by atoms with Gasteiger partial charge < -0.3 is 10.2 Å². The first-order valence-corrected chi connectivity index (χ1v) is 16.0. The minimum atomic E-state index is -4.25. The molecule has 4 heterocycles. The predicted octanol–water partition coefficient (Wildman–Crippen LogP) is 6.03. The maximum Gasteiger partial charge on any atom is 0.281 e. The van der Waals surface area contributed by atoms with Crippen LogP contribution in [-0.4, -0.2) is 42.4 Å². The van der Waals surface area contributed by atoms with Crippen molar-refractivity contribution in [2.24, 2.45) is 11.8 Å². The number of aromatic nitrogens is 2. The molecule has 1 fully saturated rings. The highest BCUT2D eigenvalue weighted by Gasteiger charge is 2.43. The number of fused-ring (bicyclic) bond motifs is 6. The standard InChI is InChI=1S/C33H41N5O3S/c1-22-19-25(16-15-23-11-8-7-9-12-23)34-28-13-10-14-29(36-28)42(40,41)37-31(39)26-17-18-27(32(2,3)4)35-30(26)38-21-24(22)20-33(38,5)6/h7-18,22,24-25H,19-21H2,1-6H3,(H,34,36)(H,37,39)/b16-15+/t22-,24-,25?/m0/s1.